The number of fused-ring (bicyclic) bond motifs is 12. The van der Waals surface area contributed by atoms with E-state index in [2.05, 4.69) is 152 Å². The van der Waals surface area contributed by atoms with Crippen molar-refractivity contribution in [2.45, 2.75) is 113 Å². The van der Waals surface area contributed by atoms with Crippen LogP contribution in [0, 0.1) is 35.5 Å². The van der Waals surface area contributed by atoms with Crippen LogP contribution in [0.2, 0.25) is 0 Å². The zero-order valence-electron chi connectivity index (χ0n) is 39.7. The lowest BCUT2D eigenvalue weighted by Crippen LogP contribution is -2.76. The molecule has 8 aliphatic carbocycles. The van der Waals surface area contributed by atoms with Crippen molar-refractivity contribution >= 4 is 60.8 Å². The Labute approximate surface area is 402 Å². The van der Waals surface area contributed by atoms with E-state index in [0.29, 0.717) is 0 Å². The van der Waals surface area contributed by atoms with Crippen LogP contribution in [0.15, 0.2) is 115 Å². The number of aromatic nitrogens is 4. The first kappa shape index (κ1) is 35.8. The monoisotopic (exact) mass is 893 g/mol. The molecule has 0 radical (unpaired) electrons. The molecule has 8 saturated carbocycles. The second kappa shape index (κ2) is 10.9. The van der Waals surface area contributed by atoms with Gasteiger partial charge in [0, 0.05) is 50.2 Å². The Morgan fingerprint density at radius 1 is 0.449 bits per heavy atom. The summed E-state index contributed by atoms with van der Waals surface area (Å²) in [6, 6.07) is 47.2. The van der Waals surface area contributed by atoms with E-state index in [4.69, 9.17) is 0 Å². The highest BCUT2D eigenvalue weighted by Crippen LogP contribution is 2.67. The van der Waals surface area contributed by atoms with Crippen LogP contribution in [-0.4, -0.2) is 9.13 Å². The van der Waals surface area contributed by atoms with Crippen molar-refractivity contribution in [2.24, 2.45) is 35.5 Å². The van der Waals surface area contributed by atoms with Crippen LogP contribution < -0.4 is 14.0 Å². The Morgan fingerprint density at radius 3 is 1.61 bits per heavy atom. The number of hydrogen-bond donors (Lipinski definition) is 0. The summed E-state index contributed by atoms with van der Waals surface area (Å²) >= 11 is 0. The lowest BCUT2D eigenvalue weighted by atomic mass is 9.48. The minimum Gasteiger partial charge on any atom is -0.308 e. The van der Waals surface area contributed by atoms with Gasteiger partial charge in [-0.3, -0.25) is 0 Å². The summed E-state index contributed by atoms with van der Waals surface area (Å²) in [7, 11) is 0. The Kier molecular flexibility index (Phi) is 5.66. The Hall–Kier alpha value is -6.20. The van der Waals surface area contributed by atoms with E-state index in [9.17, 15) is 0 Å². The summed E-state index contributed by atoms with van der Waals surface area (Å²) in [6.07, 6.45) is 16.9. The first-order valence-electron chi connectivity index (χ1n) is 27.1. The molecule has 22 rings (SSSR count). The lowest BCUT2D eigenvalue weighted by molar-refractivity contribution is -0.931. The van der Waals surface area contributed by atoms with E-state index in [-0.39, 0.29) is 16.2 Å². The Balaban J connectivity index is 1.04. The molecule has 8 fully saturated rings. The molecule has 0 N–H and O–H groups in total. The predicted octanol–water partition coefficient (Wildman–Crippen LogP) is 13.7. The summed E-state index contributed by atoms with van der Waals surface area (Å²) in [5, 5.41) is 5.47. The molecule has 1 atom stereocenters. The zero-order valence-corrected chi connectivity index (χ0v) is 39.7. The predicted molar refractivity (Wildman–Crippen MR) is 273 cm³/mol. The number of hydrogen-bond acceptors (Lipinski definition) is 1. The summed E-state index contributed by atoms with van der Waals surface area (Å²) in [5.74, 6) is 7.98. The van der Waals surface area contributed by atoms with Crippen LogP contribution in [0.1, 0.15) is 124 Å². The molecule has 0 saturated heterocycles. The molecule has 334 valence electrons. The van der Waals surface area contributed by atoms with Crippen LogP contribution >= 0.6 is 0 Å². The molecule has 13 aliphatic rings. The standard InChI is InChI=1S/C64H55N5/c1-61(2)46-11-5-8-14-50(46)67-55-26-41(63-31-37-20-38(32-63)22-39(21-37)33-63)24-53-52-23-40(62-28-34-17-35(29-62)19-36(18-34)30-62)25-54-66-49-13-7-3-9-42(49)44-15-16-51-56(58(44)66)64(68(52)54,69(53)55)57-59-45(27-47(61)60(57)67)43-10-4-6-12-48(43)65(51)59/h3-16,23-27,34-39H,17-22,28-33H2,1-2H3/q+2. The number of pyridine rings is 2. The average molecular weight is 894 g/mol. The molecule has 8 bridgehead atoms. The molecule has 5 nitrogen and oxygen atoms in total. The fourth-order valence-corrected chi connectivity index (χ4v) is 20.7. The van der Waals surface area contributed by atoms with Crippen molar-refractivity contribution in [1.29, 1.82) is 0 Å². The molecule has 5 aliphatic heterocycles. The second-order valence-corrected chi connectivity index (χ2v) is 25.8. The number of rotatable bonds is 2. The lowest BCUT2D eigenvalue weighted by Gasteiger charge is -2.57. The van der Waals surface area contributed by atoms with Crippen molar-refractivity contribution < 1.29 is 9.13 Å². The molecular weight excluding hydrogens is 839 g/mol. The van der Waals surface area contributed by atoms with Gasteiger partial charge in [-0.1, -0.05) is 62.4 Å². The van der Waals surface area contributed by atoms with Gasteiger partial charge in [0.2, 0.25) is 0 Å². The molecule has 9 heterocycles. The molecule has 1 spiro atoms. The minimum absolute atomic E-state index is 0.231. The van der Waals surface area contributed by atoms with Crippen molar-refractivity contribution in [2.75, 3.05) is 4.90 Å². The van der Waals surface area contributed by atoms with E-state index in [1.165, 1.54) is 183 Å². The van der Waals surface area contributed by atoms with Gasteiger partial charge in [-0.05, 0) is 189 Å². The maximum absolute atomic E-state index is 2.97. The number of para-hydroxylation sites is 3. The van der Waals surface area contributed by atoms with Gasteiger partial charge in [0.1, 0.15) is 22.3 Å². The van der Waals surface area contributed by atoms with E-state index in [1.54, 1.807) is 11.1 Å². The number of nitrogens with zero attached hydrogens (tertiary/aromatic N) is 5. The first-order valence-corrected chi connectivity index (χ1v) is 27.1. The van der Waals surface area contributed by atoms with E-state index in [0.717, 1.165) is 35.5 Å². The summed E-state index contributed by atoms with van der Waals surface area (Å²) in [6.45, 7) is 5.05. The third-order valence-electron chi connectivity index (χ3n) is 22.2. The maximum atomic E-state index is 2.97. The number of anilines is 3. The van der Waals surface area contributed by atoms with Crippen LogP contribution in [0.25, 0.3) is 66.5 Å². The molecular formula is C64H55N5+2. The van der Waals surface area contributed by atoms with E-state index < -0.39 is 5.66 Å². The Morgan fingerprint density at radius 2 is 0.971 bits per heavy atom. The van der Waals surface area contributed by atoms with Gasteiger partial charge in [-0.2, -0.15) is 18.6 Å². The van der Waals surface area contributed by atoms with Gasteiger partial charge < -0.3 is 4.57 Å². The average Bonchev–Trinajstić information content (AvgIpc) is 3.98. The third-order valence-corrected chi connectivity index (χ3v) is 22.2. The first-order chi connectivity index (χ1) is 33.8. The SMILES string of the molecule is CC1(C)c2ccccc2N2c3c1cc1c4ccccc4n4c1c3C13c5c-4ccc4c6ccccc6n(c54)-c4cc(C56CC7CC(CC(C7)C5)C6)cc([n+]41)-c1cc(C45CC6CC(CC(C6)C4)C5)cc2[n+]13. The molecule has 5 heteroatoms. The quantitative estimate of drug-likeness (QED) is 0.158. The van der Waals surface area contributed by atoms with Crippen molar-refractivity contribution in [1.82, 2.24) is 9.13 Å². The smallest absolute Gasteiger partial charge is 0.308 e. The zero-order chi connectivity index (χ0) is 44.4. The molecule has 9 aromatic rings. The van der Waals surface area contributed by atoms with Crippen LogP contribution in [-0.2, 0) is 21.9 Å². The van der Waals surface area contributed by atoms with E-state index in [1.807, 2.05) is 0 Å². The maximum Gasteiger partial charge on any atom is 0.319 e. The normalized spacial score (nSPS) is 32.6. The summed E-state index contributed by atoms with van der Waals surface area (Å²) in [4.78, 5) is 2.83. The van der Waals surface area contributed by atoms with Crippen LogP contribution in [0.3, 0.4) is 0 Å². The van der Waals surface area contributed by atoms with Gasteiger partial charge in [0.25, 0.3) is 11.6 Å². The summed E-state index contributed by atoms with van der Waals surface area (Å²) < 4.78 is 11.4. The fraction of sp³-hybridized carbons (Fsp3) is 0.375. The van der Waals surface area contributed by atoms with Crippen molar-refractivity contribution in [3.05, 3.63) is 149 Å². The van der Waals surface area contributed by atoms with Gasteiger partial charge in [-0.15, -0.1) is 0 Å². The highest BCUT2D eigenvalue weighted by atomic mass is 15.5. The van der Waals surface area contributed by atoms with Gasteiger partial charge >= 0.3 is 5.66 Å². The molecule has 0 amide bonds. The van der Waals surface area contributed by atoms with Gasteiger partial charge in [0.05, 0.1) is 16.7 Å². The van der Waals surface area contributed by atoms with Crippen LogP contribution in [0.4, 0.5) is 17.2 Å². The van der Waals surface area contributed by atoms with Crippen LogP contribution in [0.5, 0.6) is 0 Å². The van der Waals surface area contributed by atoms with Crippen molar-refractivity contribution in [3.8, 4) is 22.9 Å². The molecule has 69 heavy (non-hydrogen) atoms. The summed E-state index contributed by atoms with van der Waals surface area (Å²) in [5.41, 5.74) is 21.1. The largest absolute Gasteiger partial charge is 0.319 e. The highest BCUT2D eigenvalue weighted by molar-refractivity contribution is 6.17. The topological polar surface area (TPSA) is 20.9 Å². The molecule has 4 aromatic heterocycles. The molecule has 1 unspecified atom stereocenters. The van der Waals surface area contributed by atoms with E-state index >= 15 is 0 Å². The third kappa shape index (κ3) is 3.66. The van der Waals surface area contributed by atoms with Gasteiger partial charge in [0.15, 0.2) is 22.6 Å². The Bertz CT molecular complexity index is 3970. The minimum atomic E-state index is -0.651. The van der Waals surface area contributed by atoms with Gasteiger partial charge in [-0.25, -0.2) is 0 Å². The number of benzene rings is 5. The molecule has 5 aromatic carbocycles. The second-order valence-electron chi connectivity index (χ2n) is 25.8. The van der Waals surface area contributed by atoms with Crippen molar-refractivity contribution in [3.63, 3.8) is 0 Å². The fourth-order valence-electron chi connectivity index (χ4n) is 20.7. The highest BCUT2D eigenvalue weighted by Gasteiger charge is 2.71.